The summed E-state index contributed by atoms with van der Waals surface area (Å²) in [5.41, 5.74) is -1.32. The van der Waals surface area contributed by atoms with E-state index in [1.165, 1.54) is 13.0 Å². The third-order valence-corrected chi connectivity index (χ3v) is 6.38. The number of carbonyl (C=O) groups is 1. The normalized spacial score (nSPS) is 26.9. The number of sulfonamides is 1. The van der Waals surface area contributed by atoms with Crippen LogP contribution in [0.2, 0.25) is 8.67 Å². The molecule has 1 aromatic rings. The second-order valence-electron chi connectivity index (χ2n) is 4.60. The summed E-state index contributed by atoms with van der Waals surface area (Å²) >= 11 is 12.5. The molecule has 2 N–H and O–H groups in total. The van der Waals surface area contributed by atoms with Gasteiger partial charge in [-0.05, 0) is 13.0 Å². The molecule has 1 fully saturated rings. The van der Waals surface area contributed by atoms with Crippen LogP contribution in [0.15, 0.2) is 11.0 Å². The largest absolute Gasteiger partial charge is 0.481 e. The fourth-order valence-corrected chi connectivity index (χ4v) is 5.29. The molecular formula is C10H11Cl2NO5S2. The van der Waals surface area contributed by atoms with Crippen molar-refractivity contribution in [1.82, 2.24) is 4.72 Å². The third-order valence-electron chi connectivity index (χ3n) is 3.16. The standard InChI is InChI=1S/C10H11Cl2NO5S2/c1-10(9(14)15)4-18-3-6(10)13-20(16,17)5-2-7(11)19-8(5)12/h2,6,13H,3-4H2,1H3,(H,14,15). The van der Waals surface area contributed by atoms with E-state index in [0.717, 1.165) is 11.3 Å². The first kappa shape index (κ1) is 16.0. The van der Waals surface area contributed by atoms with E-state index in [4.69, 9.17) is 27.9 Å². The van der Waals surface area contributed by atoms with Crippen LogP contribution in [0.3, 0.4) is 0 Å². The molecule has 0 bridgehead atoms. The monoisotopic (exact) mass is 359 g/mol. The highest BCUT2D eigenvalue weighted by atomic mass is 35.5. The van der Waals surface area contributed by atoms with Gasteiger partial charge in [-0.3, -0.25) is 4.79 Å². The maximum absolute atomic E-state index is 12.2. The molecule has 20 heavy (non-hydrogen) atoms. The van der Waals surface area contributed by atoms with E-state index >= 15 is 0 Å². The molecule has 1 aromatic heterocycles. The fourth-order valence-electron chi connectivity index (χ4n) is 1.81. The van der Waals surface area contributed by atoms with Crippen molar-refractivity contribution in [3.8, 4) is 0 Å². The molecule has 2 atom stereocenters. The maximum Gasteiger partial charge on any atom is 0.313 e. The van der Waals surface area contributed by atoms with Crippen LogP contribution in [0.25, 0.3) is 0 Å². The number of carboxylic acids is 1. The van der Waals surface area contributed by atoms with Gasteiger partial charge >= 0.3 is 5.97 Å². The van der Waals surface area contributed by atoms with Gasteiger partial charge in [-0.1, -0.05) is 23.2 Å². The van der Waals surface area contributed by atoms with Crippen molar-refractivity contribution in [1.29, 1.82) is 0 Å². The summed E-state index contributed by atoms with van der Waals surface area (Å²) < 4.78 is 32.1. The van der Waals surface area contributed by atoms with Crippen LogP contribution >= 0.6 is 34.5 Å². The van der Waals surface area contributed by atoms with Crippen molar-refractivity contribution >= 4 is 50.5 Å². The van der Waals surface area contributed by atoms with Crippen LogP contribution in [-0.2, 0) is 19.6 Å². The predicted molar refractivity (Wildman–Crippen MR) is 75.0 cm³/mol. The summed E-state index contributed by atoms with van der Waals surface area (Å²) in [6.45, 7) is 1.35. The van der Waals surface area contributed by atoms with Gasteiger partial charge in [-0.15, -0.1) is 11.3 Å². The summed E-state index contributed by atoms with van der Waals surface area (Å²) in [7, 11) is -3.96. The quantitative estimate of drug-likeness (QED) is 0.855. The van der Waals surface area contributed by atoms with Crippen LogP contribution in [0.5, 0.6) is 0 Å². The summed E-state index contributed by atoms with van der Waals surface area (Å²) in [5.74, 6) is -1.13. The summed E-state index contributed by atoms with van der Waals surface area (Å²) in [6, 6.07) is 0.352. The van der Waals surface area contributed by atoms with Gasteiger partial charge in [0, 0.05) is 0 Å². The second kappa shape index (κ2) is 5.43. The lowest BCUT2D eigenvalue weighted by Crippen LogP contribution is -2.49. The van der Waals surface area contributed by atoms with Crippen molar-refractivity contribution in [2.45, 2.75) is 17.9 Å². The Morgan fingerprint density at radius 1 is 1.60 bits per heavy atom. The zero-order valence-electron chi connectivity index (χ0n) is 10.2. The molecule has 10 heteroatoms. The van der Waals surface area contributed by atoms with Gasteiger partial charge in [-0.2, -0.15) is 0 Å². The van der Waals surface area contributed by atoms with Crippen molar-refractivity contribution < 1.29 is 23.1 Å². The van der Waals surface area contributed by atoms with E-state index in [2.05, 4.69) is 4.72 Å². The number of thiophene rings is 1. The minimum atomic E-state index is -3.96. The van der Waals surface area contributed by atoms with Gasteiger partial charge < -0.3 is 9.84 Å². The van der Waals surface area contributed by atoms with Crippen molar-refractivity contribution in [2.75, 3.05) is 13.2 Å². The molecule has 2 heterocycles. The lowest BCUT2D eigenvalue weighted by atomic mass is 9.86. The first-order chi connectivity index (χ1) is 9.17. The number of rotatable bonds is 4. The maximum atomic E-state index is 12.2. The highest BCUT2D eigenvalue weighted by molar-refractivity contribution is 7.89. The van der Waals surface area contributed by atoms with Crippen molar-refractivity contribution in [3.63, 3.8) is 0 Å². The minimum Gasteiger partial charge on any atom is -0.481 e. The molecule has 0 radical (unpaired) electrons. The highest BCUT2D eigenvalue weighted by Gasteiger charge is 2.48. The minimum absolute atomic E-state index is 0.0164. The average molecular weight is 360 g/mol. The molecule has 0 aromatic carbocycles. The number of nitrogens with one attached hydrogen (secondary N) is 1. The Labute approximate surface area is 129 Å². The van der Waals surface area contributed by atoms with Crippen molar-refractivity contribution in [3.05, 3.63) is 14.7 Å². The number of aliphatic carboxylic acids is 1. The SMILES string of the molecule is CC1(C(=O)O)COCC1NS(=O)(=O)c1cc(Cl)sc1Cl. The number of carboxylic acid groups (broad SMARTS) is 1. The van der Waals surface area contributed by atoms with Crippen LogP contribution in [0.1, 0.15) is 6.92 Å². The number of hydrogen-bond acceptors (Lipinski definition) is 5. The fraction of sp³-hybridized carbons (Fsp3) is 0.500. The van der Waals surface area contributed by atoms with Crippen LogP contribution in [0, 0.1) is 5.41 Å². The van der Waals surface area contributed by atoms with Crippen LogP contribution in [-0.4, -0.2) is 38.7 Å². The topological polar surface area (TPSA) is 92.7 Å². The Hall–Kier alpha value is -0.380. The number of hydrogen-bond donors (Lipinski definition) is 2. The van der Waals surface area contributed by atoms with E-state index in [9.17, 15) is 18.3 Å². The molecule has 2 unspecified atom stereocenters. The zero-order valence-corrected chi connectivity index (χ0v) is 13.4. The van der Waals surface area contributed by atoms with E-state index in [-0.39, 0.29) is 26.8 Å². The van der Waals surface area contributed by atoms with E-state index in [1.807, 2.05) is 0 Å². The summed E-state index contributed by atoms with van der Waals surface area (Å²) in [4.78, 5) is 11.1. The Balaban J connectivity index is 2.29. The van der Waals surface area contributed by atoms with E-state index < -0.39 is 27.4 Å². The molecule has 6 nitrogen and oxygen atoms in total. The Kier molecular flexibility index (Phi) is 4.35. The zero-order chi connectivity index (χ0) is 15.1. The molecule has 2 rings (SSSR count). The molecule has 0 amide bonds. The molecule has 1 aliphatic heterocycles. The number of ether oxygens (including phenoxy) is 1. The van der Waals surface area contributed by atoms with Gasteiger partial charge in [0.05, 0.1) is 23.6 Å². The van der Waals surface area contributed by atoms with Gasteiger partial charge in [0.25, 0.3) is 0 Å². The first-order valence-corrected chi connectivity index (χ1v) is 8.50. The summed E-state index contributed by atoms with van der Waals surface area (Å²) in [6.07, 6.45) is 0. The molecule has 0 spiro atoms. The predicted octanol–water partition coefficient (Wildman–Crippen LogP) is 1.82. The molecular weight excluding hydrogens is 349 g/mol. The molecule has 0 saturated carbocycles. The van der Waals surface area contributed by atoms with Gasteiger partial charge in [0.15, 0.2) is 0 Å². The third kappa shape index (κ3) is 2.81. The Bertz CT molecular complexity index is 644. The molecule has 0 aliphatic carbocycles. The number of halogens is 2. The molecule has 1 aliphatic rings. The smallest absolute Gasteiger partial charge is 0.313 e. The Morgan fingerprint density at radius 2 is 2.25 bits per heavy atom. The van der Waals surface area contributed by atoms with Crippen molar-refractivity contribution in [2.24, 2.45) is 5.41 Å². The van der Waals surface area contributed by atoms with Crippen LogP contribution in [0.4, 0.5) is 0 Å². The Morgan fingerprint density at radius 3 is 2.75 bits per heavy atom. The van der Waals surface area contributed by atoms with E-state index in [1.54, 1.807) is 0 Å². The van der Waals surface area contributed by atoms with Gasteiger partial charge in [0.1, 0.15) is 14.6 Å². The van der Waals surface area contributed by atoms with Gasteiger partial charge in [0.2, 0.25) is 10.0 Å². The van der Waals surface area contributed by atoms with E-state index in [0.29, 0.717) is 0 Å². The molecule has 112 valence electrons. The van der Waals surface area contributed by atoms with Crippen LogP contribution < -0.4 is 4.72 Å². The lowest BCUT2D eigenvalue weighted by molar-refractivity contribution is -0.148. The first-order valence-electron chi connectivity index (χ1n) is 5.45. The molecule has 1 saturated heterocycles. The van der Waals surface area contributed by atoms with Gasteiger partial charge in [-0.25, -0.2) is 13.1 Å². The highest BCUT2D eigenvalue weighted by Crippen LogP contribution is 2.36. The lowest BCUT2D eigenvalue weighted by Gasteiger charge is -2.25. The second-order valence-corrected chi connectivity index (χ2v) is 8.57. The summed E-state index contributed by atoms with van der Waals surface area (Å²) in [5, 5.41) is 9.21. The average Bonchev–Trinajstić information content (AvgIpc) is 2.84.